The number of sulfone groups is 1. The van der Waals surface area contributed by atoms with Crippen molar-refractivity contribution in [3.63, 3.8) is 0 Å². The number of anilines is 2. The Bertz CT molecular complexity index is 1020. The molecule has 7 nitrogen and oxygen atoms in total. The molecule has 142 valence electrons. The summed E-state index contributed by atoms with van der Waals surface area (Å²) in [6.45, 7) is 1.67. The van der Waals surface area contributed by atoms with Crippen LogP contribution in [0.4, 0.5) is 11.4 Å². The molecule has 27 heavy (non-hydrogen) atoms. The smallest absolute Gasteiger partial charge is 0.262 e. The van der Waals surface area contributed by atoms with Crippen molar-refractivity contribution < 1.29 is 22.7 Å². The van der Waals surface area contributed by atoms with Gasteiger partial charge >= 0.3 is 0 Å². The number of carbonyl (C=O) groups excluding carboxylic acids is 2. The standard InChI is InChI=1S/C18H17ClN2O5S/c1-11-2-3-12(8-14(11)19)20-17(22)6-7-27(24,25)13-4-5-15-16(9-13)26-10-18(23)21-15/h2-5,8-9H,6-7,10H2,1H3,(H,20,22)(H,21,23). The number of ether oxygens (including phenoxy) is 1. The van der Waals surface area contributed by atoms with Crippen molar-refractivity contribution in [1.29, 1.82) is 0 Å². The van der Waals surface area contributed by atoms with E-state index in [2.05, 4.69) is 10.6 Å². The van der Waals surface area contributed by atoms with Gasteiger partial charge in [-0.2, -0.15) is 0 Å². The number of hydrogen-bond acceptors (Lipinski definition) is 5. The van der Waals surface area contributed by atoms with E-state index in [4.69, 9.17) is 16.3 Å². The van der Waals surface area contributed by atoms with Crippen LogP contribution in [0.2, 0.25) is 5.02 Å². The van der Waals surface area contributed by atoms with Gasteiger partial charge in [0.15, 0.2) is 16.4 Å². The van der Waals surface area contributed by atoms with Gasteiger partial charge < -0.3 is 15.4 Å². The molecule has 0 unspecified atom stereocenters. The van der Waals surface area contributed by atoms with Crippen molar-refractivity contribution in [1.82, 2.24) is 0 Å². The third-order valence-electron chi connectivity index (χ3n) is 4.00. The average Bonchev–Trinajstić information content (AvgIpc) is 2.62. The fourth-order valence-electron chi connectivity index (χ4n) is 2.49. The SMILES string of the molecule is Cc1ccc(NC(=O)CCS(=O)(=O)c2ccc3c(c2)OCC(=O)N3)cc1Cl. The highest BCUT2D eigenvalue weighted by atomic mass is 35.5. The zero-order chi connectivity index (χ0) is 19.6. The van der Waals surface area contributed by atoms with Crippen molar-refractivity contribution >= 4 is 44.6 Å². The van der Waals surface area contributed by atoms with Gasteiger partial charge in [-0.05, 0) is 36.8 Å². The predicted molar refractivity (Wildman–Crippen MR) is 102 cm³/mol. The maximum Gasteiger partial charge on any atom is 0.262 e. The first-order valence-electron chi connectivity index (χ1n) is 8.10. The van der Waals surface area contributed by atoms with Crippen LogP contribution >= 0.6 is 11.6 Å². The molecule has 0 saturated carbocycles. The Hall–Kier alpha value is -2.58. The van der Waals surface area contributed by atoms with Gasteiger partial charge in [0.05, 0.1) is 16.3 Å². The van der Waals surface area contributed by atoms with E-state index in [-0.39, 0.29) is 35.3 Å². The highest BCUT2D eigenvalue weighted by molar-refractivity contribution is 7.91. The van der Waals surface area contributed by atoms with Gasteiger partial charge in [-0.3, -0.25) is 9.59 Å². The minimum absolute atomic E-state index is 0.0311. The largest absolute Gasteiger partial charge is 0.482 e. The second-order valence-electron chi connectivity index (χ2n) is 6.08. The number of halogens is 1. The van der Waals surface area contributed by atoms with Crippen LogP contribution in [-0.4, -0.2) is 32.6 Å². The first-order chi connectivity index (χ1) is 12.7. The molecule has 0 bridgehead atoms. The summed E-state index contributed by atoms with van der Waals surface area (Å²) in [5.41, 5.74) is 1.80. The van der Waals surface area contributed by atoms with Gasteiger partial charge in [0, 0.05) is 23.2 Å². The molecule has 2 N–H and O–H groups in total. The molecular weight excluding hydrogens is 392 g/mol. The molecule has 3 rings (SSSR count). The van der Waals surface area contributed by atoms with Gasteiger partial charge in [-0.15, -0.1) is 0 Å². The highest BCUT2D eigenvalue weighted by Gasteiger charge is 2.22. The normalized spacial score (nSPS) is 13.3. The zero-order valence-corrected chi connectivity index (χ0v) is 16.0. The van der Waals surface area contributed by atoms with Crippen molar-refractivity contribution in [3.05, 3.63) is 47.0 Å². The number of carbonyl (C=O) groups is 2. The number of hydrogen-bond donors (Lipinski definition) is 2. The first kappa shape index (κ1) is 19.2. The van der Waals surface area contributed by atoms with E-state index in [9.17, 15) is 18.0 Å². The molecule has 1 heterocycles. The molecule has 2 amide bonds. The molecule has 0 atom stereocenters. The quantitative estimate of drug-likeness (QED) is 0.792. The molecule has 1 aliphatic heterocycles. The highest BCUT2D eigenvalue weighted by Crippen LogP contribution is 2.30. The van der Waals surface area contributed by atoms with Crippen molar-refractivity contribution in [2.75, 3.05) is 23.0 Å². The fourth-order valence-corrected chi connectivity index (χ4v) is 3.92. The van der Waals surface area contributed by atoms with Gasteiger partial charge in [-0.1, -0.05) is 17.7 Å². The summed E-state index contributed by atoms with van der Waals surface area (Å²) in [5, 5.41) is 5.74. The molecule has 2 aromatic carbocycles. The second kappa shape index (κ2) is 7.58. The summed E-state index contributed by atoms with van der Waals surface area (Å²) < 4.78 is 30.2. The molecule has 0 spiro atoms. The lowest BCUT2D eigenvalue weighted by molar-refractivity contribution is -0.118. The van der Waals surface area contributed by atoms with Crippen molar-refractivity contribution in [3.8, 4) is 5.75 Å². The molecular formula is C18H17ClN2O5S. The summed E-state index contributed by atoms with van der Waals surface area (Å²) in [6, 6.07) is 9.26. The van der Waals surface area contributed by atoms with E-state index < -0.39 is 15.7 Å². The number of nitrogens with one attached hydrogen (secondary N) is 2. The third kappa shape index (κ3) is 4.58. The molecule has 2 aromatic rings. The molecule has 0 aliphatic carbocycles. The van der Waals surface area contributed by atoms with E-state index >= 15 is 0 Å². The Kier molecular flexibility index (Phi) is 5.38. The van der Waals surface area contributed by atoms with Crippen LogP contribution in [0.3, 0.4) is 0 Å². The minimum Gasteiger partial charge on any atom is -0.482 e. The van der Waals surface area contributed by atoms with Crippen LogP contribution in [0.15, 0.2) is 41.3 Å². The molecule has 9 heteroatoms. The summed E-state index contributed by atoms with van der Waals surface area (Å²) in [7, 11) is -3.69. The lowest BCUT2D eigenvalue weighted by Gasteiger charge is -2.18. The molecule has 0 saturated heterocycles. The Labute approximate surface area is 161 Å². The molecule has 1 aliphatic rings. The Morgan fingerprint density at radius 3 is 2.78 bits per heavy atom. The van der Waals surface area contributed by atoms with Gasteiger partial charge in [0.2, 0.25) is 5.91 Å². The Morgan fingerprint density at radius 2 is 2.04 bits per heavy atom. The number of fused-ring (bicyclic) bond motifs is 1. The lowest BCUT2D eigenvalue weighted by Crippen LogP contribution is -2.25. The maximum atomic E-state index is 12.5. The topological polar surface area (TPSA) is 102 Å². The minimum atomic E-state index is -3.69. The van der Waals surface area contributed by atoms with Crippen LogP contribution in [0, 0.1) is 6.92 Å². The van der Waals surface area contributed by atoms with Crippen LogP contribution < -0.4 is 15.4 Å². The Morgan fingerprint density at radius 1 is 1.26 bits per heavy atom. The third-order valence-corrected chi connectivity index (χ3v) is 6.12. The van der Waals surface area contributed by atoms with Crippen molar-refractivity contribution in [2.45, 2.75) is 18.2 Å². The van der Waals surface area contributed by atoms with Crippen LogP contribution in [0.25, 0.3) is 0 Å². The number of aryl methyl sites for hydroxylation is 1. The van der Waals surface area contributed by atoms with Crippen molar-refractivity contribution in [2.24, 2.45) is 0 Å². The number of benzene rings is 2. The molecule has 0 aromatic heterocycles. The zero-order valence-electron chi connectivity index (χ0n) is 14.4. The van der Waals surface area contributed by atoms with Crippen LogP contribution in [0.1, 0.15) is 12.0 Å². The van der Waals surface area contributed by atoms with Crippen LogP contribution in [-0.2, 0) is 19.4 Å². The number of amides is 2. The summed E-state index contributed by atoms with van der Waals surface area (Å²) in [4.78, 5) is 23.4. The summed E-state index contributed by atoms with van der Waals surface area (Å²) >= 11 is 6.01. The van der Waals surface area contributed by atoms with Gasteiger partial charge in [0.25, 0.3) is 5.91 Å². The van der Waals surface area contributed by atoms with E-state index in [0.29, 0.717) is 16.4 Å². The van der Waals surface area contributed by atoms with Crippen LogP contribution in [0.5, 0.6) is 5.75 Å². The summed E-state index contributed by atoms with van der Waals surface area (Å²) in [5.74, 6) is -0.802. The van der Waals surface area contributed by atoms with E-state index in [1.54, 1.807) is 18.2 Å². The number of rotatable bonds is 5. The maximum absolute atomic E-state index is 12.5. The Balaban J connectivity index is 1.65. The lowest BCUT2D eigenvalue weighted by atomic mass is 10.2. The first-order valence-corrected chi connectivity index (χ1v) is 10.1. The van der Waals surface area contributed by atoms with E-state index in [1.165, 1.54) is 18.2 Å². The average molecular weight is 409 g/mol. The molecule has 0 fully saturated rings. The fraction of sp³-hybridized carbons (Fsp3) is 0.222. The molecule has 0 radical (unpaired) electrons. The van der Waals surface area contributed by atoms with E-state index in [1.807, 2.05) is 6.92 Å². The monoisotopic (exact) mass is 408 g/mol. The van der Waals surface area contributed by atoms with Gasteiger partial charge in [0.1, 0.15) is 5.75 Å². The van der Waals surface area contributed by atoms with Gasteiger partial charge in [-0.25, -0.2) is 8.42 Å². The second-order valence-corrected chi connectivity index (χ2v) is 8.59. The summed E-state index contributed by atoms with van der Waals surface area (Å²) in [6.07, 6.45) is -0.206. The predicted octanol–water partition coefficient (Wildman–Crippen LogP) is 2.78. The van der Waals surface area contributed by atoms with E-state index in [0.717, 1.165) is 5.56 Å².